The highest BCUT2D eigenvalue weighted by Gasteiger charge is 2.21. The average molecular weight is 388 g/mol. The van der Waals surface area contributed by atoms with E-state index >= 15 is 0 Å². The van der Waals surface area contributed by atoms with Crippen molar-refractivity contribution in [1.82, 2.24) is 10.2 Å². The molecule has 144 valence electrons. The van der Waals surface area contributed by atoms with Crippen LogP contribution < -0.4 is 15.0 Å². The number of halogens is 1. The van der Waals surface area contributed by atoms with E-state index in [9.17, 15) is 4.79 Å². The first-order chi connectivity index (χ1) is 13.1. The number of hydrogen-bond acceptors (Lipinski definition) is 4. The number of nitrogens with one attached hydrogen (secondary N) is 1. The molecule has 2 aromatic rings. The summed E-state index contributed by atoms with van der Waals surface area (Å²) in [6.07, 6.45) is 0. The van der Waals surface area contributed by atoms with Gasteiger partial charge >= 0.3 is 0 Å². The van der Waals surface area contributed by atoms with Gasteiger partial charge < -0.3 is 19.9 Å². The molecule has 1 N–H and O–H groups in total. The quantitative estimate of drug-likeness (QED) is 0.825. The lowest BCUT2D eigenvalue weighted by Gasteiger charge is -2.36. The predicted molar refractivity (Wildman–Crippen MR) is 110 cm³/mol. The second kappa shape index (κ2) is 9.11. The fourth-order valence-electron chi connectivity index (χ4n) is 3.23. The molecule has 0 saturated carbocycles. The van der Waals surface area contributed by atoms with Gasteiger partial charge in [0, 0.05) is 42.9 Å². The molecule has 0 bridgehead atoms. The van der Waals surface area contributed by atoms with E-state index < -0.39 is 0 Å². The third-order valence-corrected chi connectivity index (χ3v) is 5.25. The van der Waals surface area contributed by atoms with Crippen LogP contribution in [0.5, 0.6) is 5.75 Å². The Kier molecular flexibility index (Phi) is 6.58. The van der Waals surface area contributed by atoms with Crippen molar-refractivity contribution in [1.29, 1.82) is 0 Å². The van der Waals surface area contributed by atoms with Crippen LogP contribution in [-0.4, -0.2) is 50.6 Å². The van der Waals surface area contributed by atoms with Crippen LogP contribution in [0.1, 0.15) is 18.5 Å². The van der Waals surface area contributed by atoms with E-state index in [4.69, 9.17) is 16.3 Å². The molecule has 1 amide bonds. The molecule has 1 aliphatic heterocycles. The highest BCUT2D eigenvalue weighted by molar-refractivity contribution is 6.30. The molecule has 3 rings (SSSR count). The zero-order valence-electron chi connectivity index (χ0n) is 15.8. The van der Waals surface area contributed by atoms with Gasteiger partial charge in [0.2, 0.25) is 5.91 Å². The molecule has 5 nitrogen and oxygen atoms in total. The number of rotatable bonds is 6. The standard InChI is InChI=1S/C21H26ClN3O2/c1-16(17-3-5-18(22)6-4-17)23-15-21(26)25-13-11-24(12-14-25)19-7-9-20(27-2)10-8-19/h3-10,16,23H,11-15H2,1-2H3/t16-/m1/s1. The summed E-state index contributed by atoms with van der Waals surface area (Å²) >= 11 is 5.93. The van der Waals surface area contributed by atoms with Gasteiger partial charge in [0.25, 0.3) is 0 Å². The molecule has 2 aromatic carbocycles. The molecule has 0 radical (unpaired) electrons. The third-order valence-electron chi connectivity index (χ3n) is 5.00. The van der Waals surface area contributed by atoms with Crippen molar-refractivity contribution in [3.05, 3.63) is 59.1 Å². The van der Waals surface area contributed by atoms with E-state index in [2.05, 4.69) is 29.3 Å². The van der Waals surface area contributed by atoms with Gasteiger partial charge in [0.05, 0.1) is 13.7 Å². The first-order valence-electron chi connectivity index (χ1n) is 9.22. The predicted octanol–water partition coefficient (Wildman–Crippen LogP) is 3.35. The summed E-state index contributed by atoms with van der Waals surface area (Å²) in [7, 11) is 1.67. The van der Waals surface area contributed by atoms with Crippen LogP contribution in [0.25, 0.3) is 0 Å². The Morgan fingerprint density at radius 3 is 2.30 bits per heavy atom. The van der Waals surface area contributed by atoms with Crippen molar-refractivity contribution >= 4 is 23.2 Å². The number of anilines is 1. The van der Waals surface area contributed by atoms with Crippen LogP contribution in [0, 0.1) is 0 Å². The summed E-state index contributed by atoms with van der Waals surface area (Å²) in [5.41, 5.74) is 2.29. The fourth-order valence-corrected chi connectivity index (χ4v) is 3.35. The SMILES string of the molecule is COc1ccc(N2CCN(C(=O)CN[C@H](C)c3ccc(Cl)cc3)CC2)cc1. The smallest absolute Gasteiger partial charge is 0.236 e. The molecular weight excluding hydrogens is 362 g/mol. The Balaban J connectivity index is 1.45. The Hall–Kier alpha value is -2.24. The normalized spacial score (nSPS) is 15.5. The highest BCUT2D eigenvalue weighted by atomic mass is 35.5. The highest BCUT2D eigenvalue weighted by Crippen LogP contribution is 2.20. The molecule has 1 saturated heterocycles. The third kappa shape index (κ3) is 5.15. The maximum atomic E-state index is 12.5. The van der Waals surface area contributed by atoms with Crippen LogP contribution in [0.2, 0.25) is 5.02 Å². The van der Waals surface area contributed by atoms with Gasteiger partial charge in [-0.3, -0.25) is 4.79 Å². The van der Waals surface area contributed by atoms with E-state index in [1.807, 2.05) is 41.3 Å². The van der Waals surface area contributed by atoms with E-state index in [0.29, 0.717) is 6.54 Å². The Morgan fingerprint density at radius 2 is 1.70 bits per heavy atom. The fraction of sp³-hybridized carbons (Fsp3) is 0.381. The van der Waals surface area contributed by atoms with Crippen molar-refractivity contribution in [2.24, 2.45) is 0 Å². The number of nitrogens with zero attached hydrogens (tertiary/aromatic N) is 2. The Morgan fingerprint density at radius 1 is 1.07 bits per heavy atom. The van der Waals surface area contributed by atoms with Crippen LogP contribution in [0.4, 0.5) is 5.69 Å². The van der Waals surface area contributed by atoms with Crippen LogP contribution in [0.15, 0.2) is 48.5 Å². The molecule has 1 heterocycles. The summed E-state index contributed by atoms with van der Waals surface area (Å²) in [5.74, 6) is 0.999. The number of amides is 1. The van der Waals surface area contributed by atoms with Gasteiger partial charge in [-0.05, 0) is 48.9 Å². The lowest BCUT2D eigenvalue weighted by atomic mass is 10.1. The van der Waals surface area contributed by atoms with Crippen molar-refractivity contribution in [3.63, 3.8) is 0 Å². The lowest BCUT2D eigenvalue weighted by Crippen LogP contribution is -2.51. The Labute approximate surface area is 165 Å². The van der Waals surface area contributed by atoms with Crippen molar-refractivity contribution in [2.45, 2.75) is 13.0 Å². The topological polar surface area (TPSA) is 44.8 Å². The van der Waals surface area contributed by atoms with Crippen LogP contribution >= 0.6 is 11.6 Å². The summed E-state index contributed by atoms with van der Waals surface area (Å²) in [6.45, 7) is 5.55. The molecule has 6 heteroatoms. The maximum absolute atomic E-state index is 12.5. The van der Waals surface area contributed by atoms with E-state index in [-0.39, 0.29) is 11.9 Å². The summed E-state index contributed by atoms with van der Waals surface area (Å²) in [6, 6.07) is 15.9. The number of methoxy groups -OCH3 is 1. The summed E-state index contributed by atoms with van der Waals surface area (Å²) in [4.78, 5) is 16.8. The van der Waals surface area contributed by atoms with E-state index in [1.54, 1.807) is 7.11 Å². The minimum atomic E-state index is 0.104. The number of hydrogen-bond donors (Lipinski definition) is 1. The molecule has 0 spiro atoms. The van der Waals surface area contributed by atoms with Crippen molar-refractivity contribution in [3.8, 4) is 5.75 Å². The largest absolute Gasteiger partial charge is 0.497 e. The number of ether oxygens (including phenoxy) is 1. The number of carbonyl (C=O) groups excluding carboxylic acids is 1. The van der Waals surface area contributed by atoms with E-state index in [1.165, 1.54) is 0 Å². The number of benzene rings is 2. The van der Waals surface area contributed by atoms with Gasteiger partial charge in [-0.15, -0.1) is 0 Å². The molecule has 0 aliphatic carbocycles. The van der Waals surface area contributed by atoms with Gasteiger partial charge in [-0.1, -0.05) is 23.7 Å². The van der Waals surface area contributed by atoms with Gasteiger partial charge in [-0.2, -0.15) is 0 Å². The molecule has 0 aromatic heterocycles. The van der Waals surface area contributed by atoms with Crippen molar-refractivity contribution < 1.29 is 9.53 Å². The molecule has 0 unspecified atom stereocenters. The first kappa shape index (κ1) is 19.5. The Bertz CT molecular complexity index is 741. The van der Waals surface area contributed by atoms with Crippen molar-refractivity contribution in [2.75, 3.05) is 44.7 Å². The zero-order valence-corrected chi connectivity index (χ0v) is 16.6. The minimum absolute atomic E-state index is 0.104. The molecule has 1 atom stereocenters. The maximum Gasteiger partial charge on any atom is 0.236 e. The monoisotopic (exact) mass is 387 g/mol. The van der Waals surface area contributed by atoms with Gasteiger partial charge in [0.1, 0.15) is 5.75 Å². The average Bonchev–Trinajstić information content (AvgIpc) is 2.72. The zero-order chi connectivity index (χ0) is 19.2. The first-order valence-corrected chi connectivity index (χ1v) is 9.60. The molecular formula is C21H26ClN3O2. The minimum Gasteiger partial charge on any atom is -0.497 e. The van der Waals surface area contributed by atoms with Gasteiger partial charge in [-0.25, -0.2) is 0 Å². The molecule has 27 heavy (non-hydrogen) atoms. The number of carbonyl (C=O) groups is 1. The lowest BCUT2D eigenvalue weighted by molar-refractivity contribution is -0.130. The summed E-state index contributed by atoms with van der Waals surface area (Å²) < 4.78 is 5.20. The second-order valence-electron chi connectivity index (χ2n) is 6.72. The van der Waals surface area contributed by atoms with Crippen LogP contribution in [-0.2, 0) is 4.79 Å². The number of piperazine rings is 1. The van der Waals surface area contributed by atoms with Crippen LogP contribution in [0.3, 0.4) is 0 Å². The van der Waals surface area contributed by atoms with Gasteiger partial charge in [0.15, 0.2) is 0 Å². The second-order valence-corrected chi connectivity index (χ2v) is 7.16. The molecule has 1 fully saturated rings. The summed E-state index contributed by atoms with van der Waals surface area (Å²) in [5, 5.41) is 4.03. The molecule has 1 aliphatic rings. The van der Waals surface area contributed by atoms with E-state index in [0.717, 1.165) is 48.2 Å².